The lowest BCUT2D eigenvalue weighted by Gasteiger charge is -2.15. The van der Waals surface area contributed by atoms with Gasteiger partial charge in [-0.05, 0) is 36.2 Å². The number of halogens is 1. The molecule has 2 rings (SSSR count). The SMILES string of the molecule is OCC(CCOc1ccccc1)c1ccc(Br)cc1. The number of hydrogen-bond acceptors (Lipinski definition) is 2. The van der Waals surface area contributed by atoms with Gasteiger partial charge in [0, 0.05) is 10.4 Å². The molecule has 0 aliphatic rings. The van der Waals surface area contributed by atoms with E-state index in [1.165, 1.54) is 0 Å². The van der Waals surface area contributed by atoms with Crippen LogP contribution < -0.4 is 4.74 Å². The lowest BCUT2D eigenvalue weighted by atomic mass is 9.97. The van der Waals surface area contributed by atoms with Gasteiger partial charge in [-0.25, -0.2) is 0 Å². The summed E-state index contributed by atoms with van der Waals surface area (Å²) < 4.78 is 6.71. The molecule has 0 spiro atoms. The Morgan fingerprint density at radius 1 is 1.00 bits per heavy atom. The first-order chi connectivity index (χ1) is 9.29. The Morgan fingerprint density at radius 3 is 2.32 bits per heavy atom. The van der Waals surface area contributed by atoms with Crippen LogP contribution in [0.2, 0.25) is 0 Å². The van der Waals surface area contributed by atoms with E-state index in [0.717, 1.165) is 22.2 Å². The first-order valence-corrected chi connectivity index (χ1v) is 7.13. The highest BCUT2D eigenvalue weighted by Crippen LogP contribution is 2.22. The maximum atomic E-state index is 9.48. The molecule has 1 atom stereocenters. The first kappa shape index (κ1) is 14.1. The third-order valence-electron chi connectivity index (χ3n) is 3.04. The zero-order valence-corrected chi connectivity index (χ0v) is 12.2. The molecule has 0 bridgehead atoms. The average molecular weight is 321 g/mol. The molecule has 0 aliphatic heterocycles. The number of benzene rings is 2. The molecule has 0 saturated heterocycles. The molecule has 1 N–H and O–H groups in total. The number of aliphatic hydroxyl groups excluding tert-OH is 1. The zero-order chi connectivity index (χ0) is 13.5. The van der Waals surface area contributed by atoms with Crippen LogP contribution in [0.4, 0.5) is 0 Å². The van der Waals surface area contributed by atoms with Gasteiger partial charge in [-0.1, -0.05) is 46.3 Å². The molecule has 2 aromatic carbocycles. The fraction of sp³-hybridized carbons (Fsp3) is 0.250. The van der Waals surface area contributed by atoms with Gasteiger partial charge in [-0.2, -0.15) is 0 Å². The summed E-state index contributed by atoms with van der Waals surface area (Å²) in [5, 5.41) is 9.48. The van der Waals surface area contributed by atoms with E-state index in [0.29, 0.717) is 6.61 Å². The summed E-state index contributed by atoms with van der Waals surface area (Å²) in [7, 11) is 0. The van der Waals surface area contributed by atoms with Crippen LogP contribution in [-0.4, -0.2) is 18.3 Å². The summed E-state index contributed by atoms with van der Waals surface area (Å²) >= 11 is 3.41. The van der Waals surface area contributed by atoms with E-state index in [2.05, 4.69) is 15.9 Å². The van der Waals surface area contributed by atoms with Crippen LogP contribution in [0.5, 0.6) is 5.75 Å². The van der Waals surface area contributed by atoms with Crippen LogP contribution in [0.3, 0.4) is 0 Å². The summed E-state index contributed by atoms with van der Waals surface area (Å²) in [5.74, 6) is 0.992. The molecule has 0 aromatic heterocycles. The molecule has 0 amide bonds. The Kier molecular flexibility index (Phi) is 5.43. The van der Waals surface area contributed by atoms with Crippen molar-refractivity contribution in [1.29, 1.82) is 0 Å². The largest absolute Gasteiger partial charge is 0.494 e. The Hall–Kier alpha value is -1.32. The first-order valence-electron chi connectivity index (χ1n) is 6.34. The van der Waals surface area contributed by atoms with Crippen molar-refractivity contribution in [3.8, 4) is 5.75 Å². The molecule has 0 aliphatic carbocycles. The zero-order valence-electron chi connectivity index (χ0n) is 10.6. The smallest absolute Gasteiger partial charge is 0.119 e. The van der Waals surface area contributed by atoms with E-state index < -0.39 is 0 Å². The fourth-order valence-electron chi connectivity index (χ4n) is 1.93. The Bertz CT molecular complexity index is 482. The van der Waals surface area contributed by atoms with E-state index in [9.17, 15) is 5.11 Å². The molecule has 19 heavy (non-hydrogen) atoms. The van der Waals surface area contributed by atoms with E-state index >= 15 is 0 Å². The predicted octanol–water partition coefficient (Wildman–Crippen LogP) is 3.99. The van der Waals surface area contributed by atoms with E-state index in [1.807, 2.05) is 54.6 Å². The topological polar surface area (TPSA) is 29.5 Å². The van der Waals surface area contributed by atoms with Crippen molar-refractivity contribution < 1.29 is 9.84 Å². The molecule has 0 saturated carbocycles. The van der Waals surface area contributed by atoms with Crippen molar-refractivity contribution in [2.24, 2.45) is 0 Å². The molecule has 0 fully saturated rings. The van der Waals surface area contributed by atoms with Gasteiger partial charge in [0.15, 0.2) is 0 Å². The van der Waals surface area contributed by atoms with E-state index in [4.69, 9.17) is 4.74 Å². The molecule has 1 unspecified atom stereocenters. The molecule has 100 valence electrons. The van der Waals surface area contributed by atoms with Crippen molar-refractivity contribution in [3.05, 3.63) is 64.6 Å². The van der Waals surface area contributed by atoms with E-state index in [1.54, 1.807) is 0 Å². The maximum Gasteiger partial charge on any atom is 0.119 e. The van der Waals surface area contributed by atoms with Crippen LogP contribution in [0.15, 0.2) is 59.1 Å². The summed E-state index contributed by atoms with van der Waals surface area (Å²) in [4.78, 5) is 0. The third-order valence-corrected chi connectivity index (χ3v) is 3.57. The highest BCUT2D eigenvalue weighted by atomic mass is 79.9. The molecule has 2 aromatic rings. The minimum atomic E-state index is 0.122. The summed E-state index contributed by atoms with van der Waals surface area (Å²) in [6.45, 7) is 0.741. The molecule has 0 radical (unpaired) electrons. The van der Waals surface area contributed by atoms with Crippen LogP contribution in [0.1, 0.15) is 17.9 Å². The lowest BCUT2D eigenvalue weighted by molar-refractivity contribution is 0.229. The average Bonchev–Trinajstić information content (AvgIpc) is 2.46. The molecule has 0 heterocycles. The standard InChI is InChI=1S/C16H17BrO2/c17-15-8-6-13(7-9-15)14(12-18)10-11-19-16-4-2-1-3-5-16/h1-9,14,18H,10-12H2. The van der Waals surface area contributed by atoms with Gasteiger partial charge in [0.2, 0.25) is 0 Å². The van der Waals surface area contributed by atoms with Crippen molar-refractivity contribution >= 4 is 15.9 Å². The van der Waals surface area contributed by atoms with Crippen LogP contribution in [0.25, 0.3) is 0 Å². The van der Waals surface area contributed by atoms with Gasteiger partial charge in [0.05, 0.1) is 13.2 Å². The second-order valence-electron chi connectivity index (χ2n) is 4.38. The van der Waals surface area contributed by atoms with Crippen molar-refractivity contribution in [1.82, 2.24) is 0 Å². The third kappa shape index (κ3) is 4.37. The Labute approximate surface area is 122 Å². The second kappa shape index (κ2) is 7.31. The second-order valence-corrected chi connectivity index (χ2v) is 5.30. The molecule has 2 nitrogen and oxygen atoms in total. The van der Waals surface area contributed by atoms with Crippen molar-refractivity contribution in [2.75, 3.05) is 13.2 Å². The van der Waals surface area contributed by atoms with Crippen molar-refractivity contribution in [3.63, 3.8) is 0 Å². The molecular formula is C16H17BrO2. The Morgan fingerprint density at radius 2 is 1.68 bits per heavy atom. The normalized spacial score (nSPS) is 12.1. The summed E-state index contributed by atoms with van der Waals surface area (Å²) in [6.07, 6.45) is 0.799. The summed E-state index contributed by atoms with van der Waals surface area (Å²) in [6, 6.07) is 17.8. The number of aliphatic hydroxyl groups is 1. The number of para-hydroxylation sites is 1. The quantitative estimate of drug-likeness (QED) is 0.871. The van der Waals surface area contributed by atoms with Gasteiger partial charge in [-0.3, -0.25) is 0 Å². The minimum Gasteiger partial charge on any atom is -0.494 e. The maximum absolute atomic E-state index is 9.48. The van der Waals surface area contributed by atoms with Crippen LogP contribution >= 0.6 is 15.9 Å². The number of hydrogen-bond donors (Lipinski definition) is 1. The highest BCUT2D eigenvalue weighted by Gasteiger charge is 2.10. The number of rotatable bonds is 6. The van der Waals surface area contributed by atoms with Gasteiger partial charge in [0.1, 0.15) is 5.75 Å². The minimum absolute atomic E-state index is 0.122. The van der Waals surface area contributed by atoms with E-state index in [-0.39, 0.29) is 12.5 Å². The van der Waals surface area contributed by atoms with Crippen molar-refractivity contribution in [2.45, 2.75) is 12.3 Å². The van der Waals surface area contributed by atoms with Crippen LogP contribution in [-0.2, 0) is 0 Å². The highest BCUT2D eigenvalue weighted by molar-refractivity contribution is 9.10. The molecular weight excluding hydrogens is 304 g/mol. The van der Waals surface area contributed by atoms with Gasteiger partial charge in [0.25, 0.3) is 0 Å². The molecule has 3 heteroatoms. The van der Waals surface area contributed by atoms with Gasteiger partial charge < -0.3 is 9.84 Å². The number of ether oxygens (including phenoxy) is 1. The monoisotopic (exact) mass is 320 g/mol. The summed E-state index contributed by atoms with van der Waals surface area (Å²) in [5.41, 5.74) is 1.14. The fourth-order valence-corrected chi connectivity index (χ4v) is 2.20. The van der Waals surface area contributed by atoms with Gasteiger partial charge in [-0.15, -0.1) is 0 Å². The lowest BCUT2D eigenvalue weighted by Crippen LogP contribution is -2.09. The predicted molar refractivity (Wildman–Crippen MR) is 80.5 cm³/mol. The van der Waals surface area contributed by atoms with Crippen LogP contribution in [0, 0.1) is 0 Å². The van der Waals surface area contributed by atoms with Gasteiger partial charge >= 0.3 is 0 Å². The Balaban J connectivity index is 1.87.